The van der Waals surface area contributed by atoms with Crippen molar-refractivity contribution in [1.29, 1.82) is 5.26 Å². The van der Waals surface area contributed by atoms with Crippen LogP contribution in [0.5, 0.6) is 0 Å². The van der Waals surface area contributed by atoms with E-state index in [1.165, 1.54) is 11.8 Å². The van der Waals surface area contributed by atoms with E-state index in [4.69, 9.17) is 5.26 Å². The zero-order valence-electron chi connectivity index (χ0n) is 12.5. The van der Waals surface area contributed by atoms with Crippen molar-refractivity contribution in [2.45, 2.75) is 24.6 Å². The molecule has 6 nitrogen and oxygen atoms in total. The number of carbonyl (C=O) groups excluding carboxylic acids is 1. The molecule has 2 aliphatic rings. The van der Waals surface area contributed by atoms with Crippen molar-refractivity contribution < 1.29 is 13.2 Å². The highest BCUT2D eigenvalue weighted by molar-refractivity contribution is 8.16. The topological polar surface area (TPSA) is 90.6 Å². The van der Waals surface area contributed by atoms with Gasteiger partial charge >= 0.3 is 0 Å². The number of aryl methyl sites for hydroxylation is 1. The van der Waals surface area contributed by atoms with Crippen LogP contribution >= 0.6 is 11.8 Å². The quantitative estimate of drug-likeness (QED) is 0.804. The Hall–Kier alpha value is -1.85. The van der Waals surface area contributed by atoms with Gasteiger partial charge in [-0.25, -0.2) is 8.42 Å². The lowest BCUT2D eigenvalue weighted by Crippen LogP contribution is -2.37. The molecule has 2 fully saturated rings. The minimum atomic E-state index is -3.07. The van der Waals surface area contributed by atoms with E-state index in [0.29, 0.717) is 5.17 Å². The maximum absolute atomic E-state index is 11.9. The molecule has 2 aliphatic heterocycles. The molecule has 23 heavy (non-hydrogen) atoms. The summed E-state index contributed by atoms with van der Waals surface area (Å²) in [5.41, 5.74) is 1.91. The molecule has 8 heteroatoms. The summed E-state index contributed by atoms with van der Waals surface area (Å²) in [7, 11) is -3.07. The number of carbonyl (C=O) groups is 1. The summed E-state index contributed by atoms with van der Waals surface area (Å²) in [4.78, 5) is 17.6. The summed E-state index contributed by atoms with van der Waals surface area (Å²) < 4.78 is 23.8. The first-order valence-electron chi connectivity index (χ1n) is 7.11. The Balaban J connectivity index is 1.99. The Labute approximate surface area is 139 Å². The van der Waals surface area contributed by atoms with Crippen molar-refractivity contribution in [3.05, 3.63) is 29.8 Å². The highest BCUT2D eigenvalue weighted by Gasteiger charge is 2.49. The predicted octanol–water partition coefficient (Wildman–Crippen LogP) is 1.51. The molecule has 2 heterocycles. The minimum absolute atomic E-state index is 0.0595. The lowest BCUT2D eigenvalue weighted by molar-refractivity contribution is -0.116. The molecule has 1 aromatic carbocycles. The van der Waals surface area contributed by atoms with Crippen LogP contribution in [0, 0.1) is 18.3 Å². The molecule has 0 N–H and O–H groups in total. The molecule has 1 amide bonds. The number of fused-ring (bicyclic) bond motifs is 1. The number of amides is 1. The van der Waals surface area contributed by atoms with Crippen molar-refractivity contribution in [3.63, 3.8) is 0 Å². The number of hydrogen-bond acceptors (Lipinski definition) is 5. The van der Waals surface area contributed by atoms with Gasteiger partial charge in [0.1, 0.15) is 6.42 Å². The molecule has 0 aliphatic carbocycles. The van der Waals surface area contributed by atoms with Gasteiger partial charge in [0.15, 0.2) is 15.0 Å². The smallest absolute Gasteiger partial charge is 0.262 e. The van der Waals surface area contributed by atoms with E-state index in [-0.39, 0.29) is 29.2 Å². The van der Waals surface area contributed by atoms with E-state index in [0.717, 1.165) is 11.3 Å². The maximum atomic E-state index is 11.9. The van der Waals surface area contributed by atoms with Gasteiger partial charge in [-0.15, -0.1) is 0 Å². The number of benzene rings is 1. The monoisotopic (exact) mass is 349 g/mol. The molecule has 1 aromatic rings. The molecular formula is C15H15N3O3S2. The average molecular weight is 349 g/mol. The summed E-state index contributed by atoms with van der Waals surface area (Å²) in [6.07, 6.45) is -0.278. The van der Waals surface area contributed by atoms with Crippen LogP contribution in [-0.2, 0) is 14.6 Å². The van der Waals surface area contributed by atoms with E-state index < -0.39 is 15.7 Å². The van der Waals surface area contributed by atoms with Crippen LogP contribution in [0.4, 0.5) is 5.69 Å². The van der Waals surface area contributed by atoms with Crippen molar-refractivity contribution in [2.24, 2.45) is 4.99 Å². The highest BCUT2D eigenvalue weighted by atomic mass is 32.2. The normalized spacial score (nSPS) is 27.0. The number of thioether (sulfide) groups is 1. The Bertz CT molecular complexity index is 809. The summed E-state index contributed by atoms with van der Waals surface area (Å²) in [6.45, 7) is 1.97. The first kappa shape index (κ1) is 16.0. The van der Waals surface area contributed by atoms with Crippen molar-refractivity contribution >= 4 is 38.4 Å². The zero-order chi connectivity index (χ0) is 16.6. The van der Waals surface area contributed by atoms with Crippen LogP contribution < -0.4 is 4.90 Å². The number of nitriles is 1. The van der Waals surface area contributed by atoms with Gasteiger partial charge in [-0.3, -0.25) is 4.79 Å². The van der Waals surface area contributed by atoms with Crippen LogP contribution in [0.15, 0.2) is 29.3 Å². The molecule has 2 unspecified atom stereocenters. The van der Waals surface area contributed by atoms with E-state index in [9.17, 15) is 13.2 Å². The zero-order valence-corrected chi connectivity index (χ0v) is 14.1. The van der Waals surface area contributed by atoms with Crippen molar-refractivity contribution in [3.8, 4) is 6.07 Å². The second kappa shape index (κ2) is 5.98. The Kier molecular flexibility index (Phi) is 4.17. The number of anilines is 1. The maximum Gasteiger partial charge on any atom is 0.262 e. The first-order valence-corrected chi connectivity index (χ1v) is 9.81. The fourth-order valence-electron chi connectivity index (χ4n) is 2.79. The van der Waals surface area contributed by atoms with Crippen LogP contribution in [-0.4, -0.2) is 42.3 Å². The van der Waals surface area contributed by atoms with Gasteiger partial charge < -0.3 is 4.90 Å². The summed E-state index contributed by atoms with van der Waals surface area (Å²) in [6, 6.07) is 9.23. The molecule has 0 aromatic heterocycles. The Morgan fingerprint density at radius 2 is 2.09 bits per heavy atom. The Morgan fingerprint density at radius 1 is 1.39 bits per heavy atom. The van der Waals surface area contributed by atoms with Gasteiger partial charge in [-0.05, 0) is 19.1 Å². The molecule has 2 saturated heterocycles. The fourth-order valence-corrected chi connectivity index (χ4v) is 6.72. The second-order valence-corrected chi connectivity index (χ2v) is 8.99. The second-order valence-electron chi connectivity index (χ2n) is 5.63. The predicted molar refractivity (Wildman–Crippen MR) is 90.2 cm³/mol. The van der Waals surface area contributed by atoms with Crippen LogP contribution in [0.1, 0.15) is 12.0 Å². The fraction of sp³-hybridized carbons (Fsp3) is 0.400. The van der Waals surface area contributed by atoms with Crippen LogP contribution in [0.25, 0.3) is 0 Å². The molecule has 0 radical (unpaired) electrons. The molecule has 0 spiro atoms. The number of aliphatic imine (C=N–C) groups is 1. The van der Waals surface area contributed by atoms with Crippen molar-refractivity contribution in [1.82, 2.24) is 0 Å². The van der Waals surface area contributed by atoms with Gasteiger partial charge in [-0.2, -0.15) is 10.3 Å². The summed E-state index contributed by atoms with van der Waals surface area (Å²) in [5.74, 6) is -0.352. The van der Waals surface area contributed by atoms with Gasteiger partial charge in [0.2, 0.25) is 0 Å². The molecular weight excluding hydrogens is 334 g/mol. The number of nitrogens with zero attached hydrogens (tertiary/aromatic N) is 3. The third-order valence-corrected chi connectivity index (χ3v) is 7.04. The van der Waals surface area contributed by atoms with Gasteiger partial charge in [-0.1, -0.05) is 29.5 Å². The van der Waals surface area contributed by atoms with Gasteiger partial charge in [0, 0.05) is 10.9 Å². The SMILES string of the molecule is Cc1ccc(N2C(=NC(=O)CC#N)SC3CS(=O)(=O)CC32)cc1. The first-order chi connectivity index (χ1) is 10.9. The molecule has 0 bridgehead atoms. The lowest BCUT2D eigenvalue weighted by Gasteiger charge is -2.24. The molecule has 3 rings (SSSR count). The van der Waals surface area contributed by atoms with Gasteiger partial charge in [0.25, 0.3) is 5.91 Å². The standard InChI is InChI=1S/C15H15N3O3S2/c1-10-2-4-11(5-3-10)18-12-8-23(20,21)9-13(12)22-15(18)17-14(19)6-7-16/h2-5,12-13H,6,8-9H2,1H3. The molecule has 0 saturated carbocycles. The largest absolute Gasteiger partial charge is 0.316 e. The third kappa shape index (κ3) is 3.26. The van der Waals surface area contributed by atoms with E-state index >= 15 is 0 Å². The summed E-state index contributed by atoms with van der Waals surface area (Å²) >= 11 is 1.31. The third-order valence-electron chi connectivity index (χ3n) is 3.83. The lowest BCUT2D eigenvalue weighted by atomic mass is 10.1. The molecule has 2 atom stereocenters. The van der Waals surface area contributed by atoms with E-state index in [1.807, 2.05) is 36.1 Å². The number of rotatable bonds is 2. The summed E-state index contributed by atoms with van der Waals surface area (Å²) in [5, 5.41) is 8.97. The van der Waals surface area contributed by atoms with Crippen LogP contribution in [0.2, 0.25) is 0 Å². The van der Waals surface area contributed by atoms with Crippen molar-refractivity contribution in [2.75, 3.05) is 16.4 Å². The number of sulfone groups is 1. The number of amidine groups is 1. The minimum Gasteiger partial charge on any atom is -0.316 e. The highest BCUT2D eigenvalue weighted by Crippen LogP contribution is 2.40. The number of hydrogen-bond donors (Lipinski definition) is 0. The van der Waals surface area contributed by atoms with E-state index in [1.54, 1.807) is 6.07 Å². The van der Waals surface area contributed by atoms with E-state index in [2.05, 4.69) is 4.99 Å². The average Bonchev–Trinajstić information content (AvgIpc) is 2.91. The van der Waals surface area contributed by atoms with Crippen LogP contribution in [0.3, 0.4) is 0 Å². The molecule has 120 valence electrons. The Morgan fingerprint density at radius 3 is 2.74 bits per heavy atom. The van der Waals surface area contributed by atoms with Gasteiger partial charge in [0.05, 0.1) is 23.6 Å².